The molecule has 0 spiro atoms. The molecule has 0 aliphatic carbocycles. The second-order valence-electron chi connectivity index (χ2n) is 5.22. The molecule has 0 saturated heterocycles. The van der Waals surface area contributed by atoms with E-state index >= 15 is 0 Å². The molecule has 0 saturated carbocycles. The Morgan fingerprint density at radius 3 is 2.63 bits per heavy atom. The van der Waals surface area contributed by atoms with Gasteiger partial charge in [0.25, 0.3) is 0 Å². The zero-order valence-electron chi connectivity index (χ0n) is 11.6. The molecule has 0 radical (unpaired) electrons. The van der Waals surface area contributed by atoms with Gasteiger partial charge in [0.1, 0.15) is 0 Å². The second kappa shape index (κ2) is 4.23. The van der Waals surface area contributed by atoms with E-state index in [9.17, 15) is 0 Å². The van der Waals surface area contributed by atoms with Crippen molar-refractivity contribution in [1.29, 1.82) is 0 Å². The summed E-state index contributed by atoms with van der Waals surface area (Å²) in [6.07, 6.45) is 3.79. The van der Waals surface area contributed by atoms with Crippen molar-refractivity contribution in [3.8, 4) is 5.69 Å². The lowest BCUT2D eigenvalue weighted by Crippen LogP contribution is -1.95. The average Bonchev–Trinajstić information content (AvgIpc) is 2.96. The summed E-state index contributed by atoms with van der Waals surface area (Å²) in [5, 5.41) is 5.25. The highest BCUT2D eigenvalue weighted by Gasteiger charge is 2.16. The standard InChI is InChI=1S/C15H17N3O/c1-9(2)12-5-6-13(18-7-10(3)16-8-18)15-14(12)11(4)17-19-15/h5-9H,1-4H3. The van der Waals surface area contributed by atoms with Crippen molar-refractivity contribution in [2.75, 3.05) is 0 Å². The van der Waals surface area contributed by atoms with Crippen LogP contribution in [0.4, 0.5) is 0 Å². The molecule has 0 aliphatic heterocycles. The number of imidazole rings is 1. The van der Waals surface area contributed by atoms with Crippen molar-refractivity contribution >= 4 is 11.0 Å². The highest BCUT2D eigenvalue weighted by atomic mass is 16.5. The molecule has 0 aliphatic rings. The maximum Gasteiger partial charge on any atom is 0.191 e. The molecular formula is C15H17N3O. The first-order valence-electron chi connectivity index (χ1n) is 6.47. The Bertz CT molecular complexity index is 737. The van der Waals surface area contributed by atoms with E-state index < -0.39 is 0 Å². The minimum atomic E-state index is 0.444. The Morgan fingerprint density at radius 2 is 2.00 bits per heavy atom. The maximum atomic E-state index is 5.54. The normalized spacial score (nSPS) is 11.6. The molecule has 4 nitrogen and oxygen atoms in total. The van der Waals surface area contributed by atoms with Gasteiger partial charge in [0.05, 0.1) is 28.8 Å². The summed E-state index contributed by atoms with van der Waals surface area (Å²) in [5.41, 5.74) is 5.02. The second-order valence-corrected chi connectivity index (χ2v) is 5.22. The molecular weight excluding hydrogens is 238 g/mol. The van der Waals surface area contributed by atoms with Gasteiger partial charge in [0, 0.05) is 6.20 Å². The van der Waals surface area contributed by atoms with Crippen LogP contribution in [0.3, 0.4) is 0 Å². The zero-order valence-corrected chi connectivity index (χ0v) is 11.6. The van der Waals surface area contributed by atoms with Gasteiger partial charge < -0.3 is 9.09 Å². The summed E-state index contributed by atoms with van der Waals surface area (Å²) in [5.74, 6) is 0.444. The van der Waals surface area contributed by atoms with Crippen LogP contribution in [0, 0.1) is 13.8 Å². The fourth-order valence-electron chi connectivity index (χ4n) is 2.45. The third-order valence-electron chi connectivity index (χ3n) is 3.42. The van der Waals surface area contributed by atoms with Crippen LogP contribution < -0.4 is 0 Å². The number of rotatable bonds is 2. The Hall–Kier alpha value is -2.10. The summed E-state index contributed by atoms with van der Waals surface area (Å²) in [6, 6.07) is 4.23. The van der Waals surface area contributed by atoms with Gasteiger partial charge in [-0.15, -0.1) is 0 Å². The molecule has 3 aromatic rings. The Balaban J connectivity index is 2.31. The van der Waals surface area contributed by atoms with Crippen molar-refractivity contribution in [1.82, 2.24) is 14.7 Å². The molecule has 2 heterocycles. The Labute approximate surface area is 112 Å². The summed E-state index contributed by atoms with van der Waals surface area (Å²) >= 11 is 0. The van der Waals surface area contributed by atoms with Gasteiger partial charge in [-0.25, -0.2) is 4.98 Å². The lowest BCUT2D eigenvalue weighted by molar-refractivity contribution is 0.449. The van der Waals surface area contributed by atoms with Crippen molar-refractivity contribution in [2.24, 2.45) is 0 Å². The van der Waals surface area contributed by atoms with Crippen molar-refractivity contribution < 1.29 is 4.52 Å². The first-order valence-corrected chi connectivity index (χ1v) is 6.47. The third kappa shape index (κ3) is 1.84. The number of hydrogen-bond acceptors (Lipinski definition) is 3. The van der Waals surface area contributed by atoms with Crippen LogP contribution in [0.25, 0.3) is 16.7 Å². The topological polar surface area (TPSA) is 43.9 Å². The fourth-order valence-corrected chi connectivity index (χ4v) is 2.45. The molecule has 0 N–H and O–H groups in total. The largest absolute Gasteiger partial charge is 0.354 e. The number of hydrogen-bond donors (Lipinski definition) is 0. The average molecular weight is 255 g/mol. The minimum absolute atomic E-state index is 0.444. The molecule has 19 heavy (non-hydrogen) atoms. The van der Waals surface area contributed by atoms with Gasteiger partial charge in [0.15, 0.2) is 5.58 Å². The molecule has 0 unspecified atom stereocenters. The molecule has 0 amide bonds. The monoisotopic (exact) mass is 255 g/mol. The van der Waals surface area contributed by atoms with E-state index in [1.54, 1.807) is 6.33 Å². The van der Waals surface area contributed by atoms with Gasteiger partial charge in [-0.3, -0.25) is 0 Å². The number of fused-ring (bicyclic) bond motifs is 1. The third-order valence-corrected chi connectivity index (χ3v) is 3.42. The smallest absolute Gasteiger partial charge is 0.191 e. The maximum absolute atomic E-state index is 5.54. The molecule has 1 aromatic carbocycles. The predicted octanol–water partition coefficient (Wildman–Crippen LogP) is 3.75. The van der Waals surface area contributed by atoms with Crippen molar-refractivity contribution in [3.63, 3.8) is 0 Å². The van der Waals surface area contributed by atoms with E-state index in [2.05, 4.69) is 36.1 Å². The van der Waals surface area contributed by atoms with Crippen LogP contribution in [0.1, 0.15) is 36.7 Å². The lowest BCUT2D eigenvalue weighted by Gasteiger charge is -2.09. The van der Waals surface area contributed by atoms with Crippen LogP contribution in [0.2, 0.25) is 0 Å². The van der Waals surface area contributed by atoms with E-state index in [0.717, 1.165) is 28.0 Å². The first-order chi connectivity index (χ1) is 9.08. The SMILES string of the molecule is Cc1cn(-c2ccc(C(C)C)c3c(C)noc23)cn1. The van der Waals surface area contributed by atoms with Crippen LogP contribution in [0.5, 0.6) is 0 Å². The van der Waals surface area contributed by atoms with Crippen molar-refractivity contribution in [2.45, 2.75) is 33.6 Å². The molecule has 3 rings (SSSR count). The van der Waals surface area contributed by atoms with Gasteiger partial charge in [0.2, 0.25) is 0 Å². The Morgan fingerprint density at radius 1 is 1.21 bits per heavy atom. The Kier molecular flexibility index (Phi) is 2.66. The highest BCUT2D eigenvalue weighted by molar-refractivity contribution is 5.90. The molecule has 4 heteroatoms. The van der Waals surface area contributed by atoms with Gasteiger partial charge in [-0.1, -0.05) is 25.1 Å². The van der Waals surface area contributed by atoms with E-state index in [1.165, 1.54) is 5.56 Å². The number of aryl methyl sites for hydroxylation is 2. The fraction of sp³-hybridized carbons (Fsp3) is 0.333. The summed E-state index contributed by atoms with van der Waals surface area (Å²) in [7, 11) is 0. The minimum Gasteiger partial charge on any atom is -0.354 e. The highest BCUT2D eigenvalue weighted by Crippen LogP contribution is 2.32. The summed E-state index contributed by atoms with van der Waals surface area (Å²) < 4.78 is 7.51. The van der Waals surface area contributed by atoms with Crippen LogP contribution in [0.15, 0.2) is 29.2 Å². The van der Waals surface area contributed by atoms with Gasteiger partial charge >= 0.3 is 0 Å². The molecule has 0 atom stereocenters. The van der Waals surface area contributed by atoms with Crippen LogP contribution >= 0.6 is 0 Å². The molecule has 98 valence electrons. The van der Waals surface area contributed by atoms with Crippen LogP contribution in [-0.4, -0.2) is 14.7 Å². The predicted molar refractivity (Wildman–Crippen MR) is 74.7 cm³/mol. The van der Waals surface area contributed by atoms with E-state index in [4.69, 9.17) is 4.52 Å². The van der Waals surface area contributed by atoms with E-state index in [0.29, 0.717) is 5.92 Å². The van der Waals surface area contributed by atoms with E-state index in [1.807, 2.05) is 24.6 Å². The van der Waals surface area contributed by atoms with E-state index in [-0.39, 0.29) is 0 Å². The molecule has 0 fully saturated rings. The number of aromatic nitrogens is 3. The van der Waals surface area contributed by atoms with Gasteiger partial charge in [-0.2, -0.15) is 0 Å². The lowest BCUT2D eigenvalue weighted by atomic mass is 9.97. The summed E-state index contributed by atoms with van der Waals surface area (Å²) in [6.45, 7) is 8.33. The zero-order chi connectivity index (χ0) is 13.6. The quantitative estimate of drug-likeness (QED) is 0.700. The summed E-state index contributed by atoms with van der Waals surface area (Å²) in [4.78, 5) is 4.27. The number of benzene rings is 1. The number of nitrogens with zero attached hydrogens (tertiary/aromatic N) is 3. The van der Waals surface area contributed by atoms with Crippen molar-refractivity contribution in [3.05, 3.63) is 41.6 Å². The van der Waals surface area contributed by atoms with Gasteiger partial charge in [-0.05, 0) is 31.4 Å². The first kappa shape index (κ1) is 12.0. The molecule has 0 bridgehead atoms. The van der Waals surface area contributed by atoms with Crippen LogP contribution in [-0.2, 0) is 0 Å². The molecule has 2 aromatic heterocycles.